The van der Waals surface area contributed by atoms with E-state index in [2.05, 4.69) is 42.6 Å². The van der Waals surface area contributed by atoms with E-state index in [4.69, 9.17) is 4.74 Å². The van der Waals surface area contributed by atoms with E-state index in [0.717, 1.165) is 38.6 Å². The van der Waals surface area contributed by atoms with Crippen LogP contribution in [-0.2, 0) is 33.8 Å². The number of esters is 1. The number of rotatable bonds is 10. The lowest BCUT2D eigenvalue weighted by Gasteiger charge is -2.21. The highest BCUT2D eigenvalue weighted by Crippen LogP contribution is 2.21. The van der Waals surface area contributed by atoms with Gasteiger partial charge in [-0.25, -0.2) is 4.79 Å². The molecule has 0 aliphatic carbocycles. The lowest BCUT2D eigenvalue weighted by Crippen LogP contribution is -2.45. The Labute approximate surface area is 235 Å². The predicted octanol–water partition coefficient (Wildman–Crippen LogP) is 6.97. The van der Waals surface area contributed by atoms with Crippen LogP contribution in [-0.4, -0.2) is 17.9 Å². The molecule has 0 aliphatic heterocycles. The molecule has 4 nitrogen and oxygen atoms in total. The van der Waals surface area contributed by atoms with E-state index >= 15 is 0 Å². The number of carbonyl (C=O) groups is 2. The third-order valence-corrected chi connectivity index (χ3v) is 6.99. The predicted molar refractivity (Wildman–Crippen MR) is 160 cm³/mol. The highest BCUT2D eigenvalue weighted by molar-refractivity contribution is 5.87. The number of ether oxygens (including phenoxy) is 1. The molecule has 1 N–H and O–H groups in total. The lowest BCUT2D eigenvalue weighted by atomic mass is 9.96. The molecule has 5 aromatic rings. The summed E-state index contributed by atoms with van der Waals surface area (Å²) in [7, 11) is 0. The van der Waals surface area contributed by atoms with Crippen LogP contribution < -0.4 is 5.32 Å². The fourth-order valence-electron chi connectivity index (χ4n) is 4.75. The first-order valence-electron chi connectivity index (χ1n) is 13.5. The van der Waals surface area contributed by atoms with Crippen molar-refractivity contribution in [2.75, 3.05) is 0 Å². The zero-order valence-corrected chi connectivity index (χ0v) is 22.3. The average Bonchev–Trinajstić information content (AvgIpc) is 3.00. The van der Waals surface area contributed by atoms with E-state index in [1.165, 1.54) is 0 Å². The summed E-state index contributed by atoms with van der Waals surface area (Å²) in [5, 5.41) is 5.13. The summed E-state index contributed by atoms with van der Waals surface area (Å²) in [5.41, 5.74) is 5.10. The van der Waals surface area contributed by atoms with Gasteiger partial charge in [-0.3, -0.25) is 4.79 Å². The van der Waals surface area contributed by atoms with Gasteiger partial charge in [-0.2, -0.15) is 0 Å². The van der Waals surface area contributed by atoms with Crippen LogP contribution in [0.1, 0.15) is 16.7 Å². The zero-order chi connectivity index (χ0) is 27.7. The second kappa shape index (κ2) is 12.9. The largest absolute Gasteiger partial charge is 0.459 e. The molecule has 40 heavy (non-hydrogen) atoms. The molecule has 4 heteroatoms. The highest BCUT2D eigenvalue weighted by Gasteiger charge is 2.25. The molecule has 0 aromatic heterocycles. The quantitative estimate of drug-likeness (QED) is 0.200. The number of hydrogen-bond donors (Lipinski definition) is 1. The maximum absolute atomic E-state index is 13.2. The molecule has 2 atom stereocenters. The van der Waals surface area contributed by atoms with Crippen molar-refractivity contribution in [3.05, 3.63) is 151 Å². The molecule has 0 bridgehead atoms. The van der Waals surface area contributed by atoms with Gasteiger partial charge in [-0.15, -0.1) is 0 Å². The first-order valence-corrected chi connectivity index (χ1v) is 13.5. The third kappa shape index (κ3) is 7.03. The van der Waals surface area contributed by atoms with Gasteiger partial charge in [0.2, 0.25) is 5.91 Å². The molecule has 1 amide bonds. The number of hydrogen-bond acceptors (Lipinski definition) is 3. The number of amides is 1. The standard InChI is InChI=1S/C36H32NO3/c1-26(22-27-16-19-32(20-17-27)30-12-6-3-7-13-30)35(38)37-34(36(39)40-25-28-10-4-2-5-11-28)24-29-18-21-31-14-8-9-15-33(31)23-29/h2-21,23,26,34H,1,22,24-25H2,(H,37,38)/t26-,34+/m1/s1. The van der Waals surface area contributed by atoms with Gasteiger partial charge in [0.25, 0.3) is 0 Å². The van der Waals surface area contributed by atoms with E-state index in [1.807, 2.05) is 97.1 Å². The molecule has 199 valence electrons. The van der Waals surface area contributed by atoms with Crippen LogP contribution in [0, 0.1) is 12.8 Å². The normalized spacial score (nSPS) is 12.4. The summed E-state index contributed by atoms with van der Waals surface area (Å²) in [6.45, 7) is 4.25. The molecule has 0 unspecified atom stereocenters. The Bertz CT molecular complexity index is 1560. The molecule has 0 saturated carbocycles. The van der Waals surface area contributed by atoms with Gasteiger partial charge >= 0.3 is 5.97 Å². The monoisotopic (exact) mass is 526 g/mol. The summed E-state index contributed by atoms with van der Waals surface area (Å²) in [6.07, 6.45) is 0.783. The zero-order valence-electron chi connectivity index (χ0n) is 22.3. The number of fused-ring (bicyclic) bond motifs is 1. The second-order valence-electron chi connectivity index (χ2n) is 10.0. The molecule has 0 spiro atoms. The van der Waals surface area contributed by atoms with Crippen LogP contribution in [0.2, 0.25) is 0 Å². The van der Waals surface area contributed by atoms with E-state index in [0.29, 0.717) is 12.8 Å². The third-order valence-electron chi connectivity index (χ3n) is 6.99. The van der Waals surface area contributed by atoms with Crippen LogP contribution >= 0.6 is 0 Å². The molecular formula is C36H32NO3. The minimum Gasteiger partial charge on any atom is -0.459 e. The first-order chi connectivity index (χ1) is 19.5. The van der Waals surface area contributed by atoms with Crippen molar-refractivity contribution < 1.29 is 14.3 Å². The molecule has 0 fully saturated rings. The topological polar surface area (TPSA) is 55.4 Å². The fourth-order valence-corrected chi connectivity index (χ4v) is 4.75. The summed E-state index contributed by atoms with van der Waals surface area (Å²) in [6, 6.07) is 41.1. The molecule has 1 radical (unpaired) electrons. The van der Waals surface area contributed by atoms with E-state index in [1.54, 1.807) is 0 Å². The van der Waals surface area contributed by atoms with Crippen LogP contribution in [0.25, 0.3) is 21.9 Å². The molecule has 0 heterocycles. The lowest BCUT2D eigenvalue weighted by molar-refractivity contribution is -0.149. The fraction of sp³-hybridized carbons (Fsp3) is 0.139. The smallest absolute Gasteiger partial charge is 0.329 e. The van der Waals surface area contributed by atoms with Gasteiger partial charge in [-0.05, 0) is 51.9 Å². The number of nitrogens with one attached hydrogen (secondary N) is 1. The van der Waals surface area contributed by atoms with Crippen molar-refractivity contribution in [2.45, 2.75) is 25.5 Å². The second-order valence-corrected chi connectivity index (χ2v) is 10.0. The van der Waals surface area contributed by atoms with Gasteiger partial charge in [0.15, 0.2) is 0 Å². The minimum absolute atomic E-state index is 0.144. The summed E-state index contributed by atoms with van der Waals surface area (Å²) >= 11 is 0. The molecule has 5 rings (SSSR count). The average molecular weight is 527 g/mol. The maximum atomic E-state index is 13.2. The SMILES string of the molecule is [CH2][C@H](Cc1ccc(-c2ccccc2)cc1)C(=O)N[C@@H](Cc1ccc2ccccc2c1)C(=O)OCc1ccccc1. The Morgan fingerprint density at radius 3 is 1.95 bits per heavy atom. The van der Waals surface area contributed by atoms with Crippen molar-refractivity contribution in [1.82, 2.24) is 5.32 Å². The van der Waals surface area contributed by atoms with Gasteiger partial charge in [-0.1, -0.05) is 127 Å². The van der Waals surface area contributed by atoms with Crippen molar-refractivity contribution in [1.29, 1.82) is 0 Å². The van der Waals surface area contributed by atoms with Crippen LogP contribution in [0.4, 0.5) is 0 Å². The van der Waals surface area contributed by atoms with Crippen molar-refractivity contribution >= 4 is 22.6 Å². The number of benzene rings is 5. The summed E-state index contributed by atoms with van der Waals surface area (Å²) in [5.74, 6) is -1.32. The van der Waals surface area contributed by atoms with Crippen molar-refractivity contribution in [3.8, 4) is 11.1 Å². The van der Waals surface area contributed by atoms with Gasteiger partial charge in [0, 0.05) is 12.3 Å². The van der Waals surface area contributed by atoms with E-state index < -0.39 is 17.9 Å². The summed E-state index contributed by atoms with van der Waals surface area (Å²) in [4.78, 5) is 26.5. The van der Waals surface area contributed by atoms with Gasteiger partial charge in [0.05, 0.1) is 0 Å². The Balaban J connectivity index is 1.27. The maximum Gasteiger partial charge on any atom is 0.329 e. The van der Waals surface area contributed by atoms with E-state index in [-0.39, 0.29) is 12.5 Å². The molecular weight excluding hydrogens is 494 g/mol. The van der Waals surface area contributed by atoms with Crippen LogP contribution in [0.15, 0.2) is 127 Å². The molecule has 0 aliphatic rings. The van der Waals surface area contributed by atoms with Crippen molar-refractivity contribution in [3.63, 3.8) is 0 Å². The van der Waals surface area contributed by atoms with Gasteiger partial charge < -0.3 is 10.1 Å². The van der Waals surface area contributed by atoms with E-state index in [9.17, 15) is 9.59 Å². The Morgan fingerprint density at radius 1 is 0.625 bits per heavy atom. The summed E-state index contributed by atoms with van der Waals surface area (Å²) < 4.78 is 5.63. The molecule has 0 saturated heterocycles. The van der Waals surface area contributed by atoms with Crippen LogP contribution in [0.3, 0.4) is 0 Å². The number of carbonyl (C=O) groups excluding carboxylic acids is 2. The van der Waals surface area contributed by atoms with Crippen LogP contribution in [0.5, 0.6) is 0 Å². The Morgan fingerprint density at radius 2 is 1.23 bits per heavy atom. The van der Waals surface area contributed by atoms with Gasteiger partial charge in [0.1, 0.15) is 12.6 Å². The Hall–Kier alpha value is -4.70. The highest BCUT2D eigenvalue weighted by atomic mass is 16.5. The molecule has 5 aromatic carbocycles. The minimum atomic E-state index is -0.831. The first kappa shape index (κ1) is 26.9. The van der Waals surface area contributed by atoms with Crippen molar-refractivity contribution in [2.24, 2.45) is 5.92 Å². The Kier molecular flexibility index (Phi) is 8.67.